The van der Waals surface area contributed by atoms with E-state index in [1.54, 1.807) is 19.2 Å². The number of hydrogen-bond acceptors (Lipinski definition) is 6. The number of likely N-dealkylation sites (N-methyl/N-ethyl adjacent to an activating group) is 1. The number of methoxy groups -OCH3 is 1. The fourth-order valence-corrected chi connectivity index (χ4v) is 4.38. The van der Waals surface area contributed by atoms with Crippen LogP contribution in [0.1, 0.15) is 5.56 Å². The van der Waals surface area contributed by atoms with Crippen LogP contribution in [0.4, 0.5) is 5.82 Å². The predicted molar refractivity (Wildman–Crippen MR) is 106 cm³/mol. The van der Waals surface area contributed by atoms with Crippen LogP contribution in [-0.2, 0) is 16.6 Å². The van der Waals surface area contributed by atoms with Crippen LogP contribution in [0.15, 0.2) is 47.5 Å². The molecule has 0 aliphatic carbocycles. The van der Waals surface area contributed by atoms with Gasteiger partial charge in [0.2, 0.25) is 10.0 Å². The van der Waals surface area contributed by atoms with Crippen LogP contribution in [0.5, 0.6) is 5.75 Å². The third-order valence-corrected chi connectivity index (χ3v) is 6.67. The first-order valence-corrected chi connectivity index (χ1v) is 10.3. The van der Waals surface area contributed by atoms with Crippen LogP contribution in [0, 0.1) is 0 Å². The third kappa shape index (κ3) is 4.58. The summed E-state index contributed by atoms with van der Waals surface area (Å²) in [5.74, 6) is 1.54. The zero-order valence-electron chi connectivity index (χ0n) is 16.0. The molecule has 7 nitrogen and oxygen atoms in total. The van der Waals surface area contributed by atoms with Gasteiger partial charge in [-0.25, -0.2) is 13.4 Å². The van der Waals surface area contributed by atoms with Crippen LogP contribution >= 0.6 is 0 Å². The molecular weight excluding hydrogens is 364 g/mol. The lowest BCUT2D eigenvalue weighted by Crippen LogP contribution is -2.47. The molecule has 1 saturated heterocycles. The third-order valence-electron chi connectivity index (χ3n) is 4.79. The summed E-state index contributed by atoms with van der Waals surface area (Å²) in [6, 6.07) is 11.2. The molecule has 2 aromatic rings. The van der Waals surface area contributed by atoms with Crippen LogP contribution < -0.4 is 9.64 Å². The summed E-state index contributed by atoms with van der Waals surface area (Å²) in [6.07, 6.45) is 1.45. The monoisotopic (exact) mass is 390 g/mol. The number of ether oxygens (including phenoxy) is 1. The smallest absolute Gasteiger partial charge is 0.244 e. The lowest BCUT2D eigenvalue weighted by atomic mass is 10.2. The Labute approximate surface area is 161 Å². The Hall–Kier alpha value is -2.16. The highest BCUT2D eigenvalue weighted by atomic mass is 32.2. The van der Waals surface area contributed by atoms with Crippen LogP contribution in [0.25, 0.3) is 0 Å². The number of aromatic nitrogens is 1. The molecule has 0 atom stereocenters. The van der Waals surface area contributed by atoms with Crippen molar-refractivity contribution in [2.75, 3.05) is 52.3 Å². The van der Waals surface area contributed by atoms with Gasteiger partial charge in [-0.15, -0.1) is 0 Å². The largest absolute Gasteiger partial charge is 0.497 e. The fraction of sp³-hybridized carbons (Fsp3) is 0.421. The van der Waals surface area contributed by atoms with E-state index >= 15 is 0 Å². The first-order valence-electron chi connectivity index (χ1n) is 8.89. The van der Waals surface area contributed by atoms with Gasteiger partial charge in [-0.1, -0.05) is 12.1 Å². The molecule has 0 amide bonds. The van der Waals surface area contributed by atoms with Crippen molar-refractivity contribution in [3.63, 3.8) is 0 Å². The van der Waals surface area contributed by atoms with Crippen LogP contribution in [-0.4, -0.2) is 70.0 Å². The Balaban J connectivity index is 1.68. The van der Waals surface area contributed by atoms with Gasteiger partial charge in [-0.3, -0.25) is 0 Å². The number of nitrogens with zero attached hydrogens (tertiary/aromatic N) is 4. The molecule has 1 aliphatic heterocycles. The lowest BCUT2D eigenvalue weighted by Gasteiger charge is -2.31. The van der Waals surface area contributed by atoms with Crippen molar-refractivity contribution < 1.29 is 13.2 Å². The van der Waals surface area contributed by atoms with Gasteiger partial charge in [0.1, 0.15) is 16.5 Å². The Morgan fingerprint density at radius 2 is 1.74 bits per heavy atom. The number of anilines is 1. The maximum absolute atomic E-state index is 12.8. The van der Waals surface area contributed by atoms with Gasteiger partial charge in [-0.2, -0.15) is 4.31 Å². The van der Waals surface area contributed by atoms with Crippen molar-refractivity contribution in [3.05, 3.63) is 48.2 Å². The van der Waals surface area contributed by atoms with Gasteiger partial charge in [-0.05, 0) is 36.9 Å². The Morgan fingerprint density at radius 1 is 1.07 bits per heavy atom. The number of rotatable bonds is 6. The molecule has 0 unspecified atom stereocenters. The molecule has 1 aromatic heterocycles. The second-order valence-electron chi connectivity index (χ2n) is 6.76. The molecule has 27 heavy (non-hydrogen) atoms. The van der Waals surface area contributed by atoms with Gasteiger partial charge < -0.3 is 14.5 Å². The molecule has 0 spiro atoms. The van der Waals surface area contributed by atoms with Gasteiger partial charge in [0.25, 0.3) is 0 Å². The molecule has 0 bridgehead atoms. The summed E-state index contributed by atoms with van der Waals surface area (Å²) in [4.78, 5) is 8.72. The van der Waals surface area contributed by atoms with E-state index in [4.69, 9.17) is 4.74 Å². The molecular formula is C19H26N4O3S. The number of piperazine rings is 1. The zero-order chi connectivity index (χ0) is 19.4. The number of benzene rings is 1. The van der Waals surface area contributed by atoms with Crippen LogP contribution in [0.3, 0.4) is 0 Å². The highest BCUT2D eigenvalue weighted by Crippen LogP contribution is 2.20. The van der Waals surface area contributed by atoms with E-state index in [9.17, 15) is 8.42 Å². The maximum Gasteiger partial charge on any atom is 0.244 e. The minimum absolute atomic E-state index is 0.244. The molecule has 3 rings (SSSR count). The Kier molecular flexibility index (Phi) is 5.98. The van der Waals surface area contributed by atoms with Gasteiger partial charge >= 0.3 is 0 Å². The molecule has 0 radical (unpaired) electrons. The van der Waals surface area contributed by atoms with Crippen molar-refractivity contribution in [1.82, 2.24) is 14.2 Å². The quantitative estimate of drug-likeness (QED) is 0.747. The SMILES string of the molecule is COc1ccc(CN(C)c2ccc(S(=O)(=O)N3CCN(C)CC3)cn2)cc1. The van der Waals surface area contributed by atoms with Gasteiger partial charge in [0.05, 0.1) is 7.11 Å². The normalized spacial score (nSPS) is 16.3. The van der Waals surface area contributed by atoms with Crippen molar-refractivity contribution in [2.24, 2.45) is 0 Å². The van der Waals surface area contributed by atoms with E-state index in [-0.39, 0.29) is 4.90 Å². The number of hydrogen-bond donors (Lipinski definition) is 0. The molecule has 1 fully saturated rings. The summed E-state index contributed by atoms with van der Waals surface area (Å²) in [6.45, 7) is 3.18. The zero-order valence-corrected chi connectivity index (χ0v) is 16.8. The molecule has 2 heterocycles. The van der Waals surface area contributed by atoms with Gasteiger partial charge in [0.15, 0.2) is 0 Å². The molecule has 0 N–H and O–H groups in total. The fourth-order valence-electron chi connectivity index (χ4n) is 3.01. The number of sulfonamides is 1. The Bertz CT molecular complexity index is 846. The van der Waals surface area contributed by atoms with Crippen molar-refractivity contribution in [1.29, 1.82) is 0 Å². The minimum Gasteiger partial charge on any atom is -0.497 e. The van der Waals surface area contributed by atoms with E-state index in [0.717, 1.165) is 30.2 Å². The first-order chi connectivity index (χ1) is 12.9. The molecule has 1 aromatic carbocycles. The van der Waals surface area contributed by atoms with E-state index in [2.05, 4.69) is 9.88 Å². The highest BCUT2D eigenvalue weighted by molar-refractivity contribution is 7.89. The summed E-state index contributed by atoms with van der Waals surface area (Å²) in [5, 5.41) is 0. The van der Waals surface area contributed by atoms with Gasteiger partial charge in [0, 0.05) is 46.0 Å². The average Bonchev–Trinajstić information content (AvgIpc) is 2.69. The summed E-state index contributed by atoms with van der Waals surface area (Å²) >= 11 is 0. The average molecular weight is 391 g/mol. The highest BCUT2D eigenvalue weighted by Gasteiger charge is 2.27. The second-order valence-corrected chi connectivity index (χ2v) is 8.70. The van der Waals surface area contributed by atoms with Crippen molar-refractivity contribution in [2.45, 2.75) is 11.4 Å². The molecule has 0 saturated carbocycles. The van der Waals surface area contributed by atoms with E-state index in [0.29, 0.717) is 19.6 Å². The summed E-state index contributed by atoms with van der Waals surface area (Å²) < 4.78 is 32.2. The topological polar surface area (TPSA) is 66.0 Å². The standard InChI is InChI=1S/C19H26N4O3S/c1-21-10-12-23(13-11-21)27(24,25)18-8-9-19(20-14-18)22(2)15-16-4-6-17(26-3)7-5-16/h4-9,14H,10-13,15H2,1-3H3. The summed E-state index contributed by atoms with van der Waals surface area (Å²) in [5.41, 5.74) is 1.12. The van der Waals surface area contributed by atoms with Crippen molar-refractivity contribution in [3.8, 4) is 5.75 Å². The Morgan fingerprint density at radius 3 is 2.30 bits per heavy atom. The minimum atomic E-state index is -3.48. The van der Waals surface area contributed by atoms with Crippen molar-refractivity contribution >= 4 is 15.8 Å². The molecule has 8 heteroatoms. The lowest BCUT2D eigenvalue weighted by molar-refractivity contribution is 0.222. The van der Waals surface area contributed by atoms with E-state index in [1.165, 1.54) is 10.5 Å². The second kappa shape index (κ2) is 8.24. The van der Waals surface area contributed by atoms with E-state index in [1.807, 2.05) is 43.3 Å². The number of pyridine rings is 1. The molecule has 1 aliphatic rings. The molecule has 146 valence electrons. The van der Waals surface area contributed by atoms with E-state index < -0.39 is 10.0 Å². The maximum atomic E-state index is 12.8. The summed E-state index contributed by atoms with van der Waals surface area (Å²) in [7, 11) is 2.09. The predicted octanol–water partition coefficient (Wildman–Crippen LogP) is 1.66. The van der Waals surface area contributed by atoms with Crippen LogP contribution in [0.2, 0.25) is 0 Å². The first kappa shape index (κ1) is 19.6.